The lowest BCUT2D eigenvalue weighted by Gasteiger charge is -2.33. The number of amides is 2. The largest absolute Gasteiger partial charge is 0.344 e. The molecule has 2 N–H and O–H groups in total. The summed E-state index contributed by atoms with van der Waals surface area (Å²) < 4.78 is 13.1. The number of piperazine rings is 1. The number of halogens is 1. The average molecular weight is 332 g/mol. The fourth-order valence-electron chi connectivity index (χ4n) is 2.48. The predicted molar refractivity (Wildman–Crippen MR) is 89.8 cm³/mol. The zero-order valence-corrected chi connectivity index (χ0v) is 13.4. The van der Waals surface area contributed by atoms with E-state index in [0.29, 0.717) is 38.4 Å². The molecule has 0 aliphatic carbocycles. The first-order chi connectivity index (χ1) is 11.6. The maximum atomic E-state index is 13.1. The van der Waals surface area contributed by atoms with Gasteiger partial charge < -0.3 is 10.6 Å². The van der Waals surface area contributed by atoms with Crippen molar-refractivity contribution in [1.82, 2.24) is 15.1 Å². The van der Waals surface area contributed by atoms with Crippen molar-refractivity contribution in [3.8, 4) is 12.3 Å². The first kappa shape index (κ1) is 17.9. The molecule has 6 nitrogen and oxygen atoms in total. The molecule has 24 heavy (non-hydrogen) atoms. The van der Waals surface area contributed by atoms with Crippen LogP contribution in [0.1, 0.15) is 0 Å². The highest BCUT2D eigenvalue weighted by Crippen LogP contribution is 2.09. The minimum Gasteiger partial charge on any atom is -0.344 e. The summed E-state index contributed by atoms with van der Waals surface area (Å²) in [6.45, 7) is 3.59. The second-order valence-electron chi connectivity index (χ2n) is 5.59. The van der Waals surface area contributed by atoms with E-state index in [1.807, 2.05) is 9.80 Å². The standard InChI is InChI=1S/C17H21FN4O2/c1-2-6-19-16(23)12-21-7-9-22(10-8-21)13-17(24)20-15-5-3-4-14(18)11-15/h1,3-5,11H,6-10,12-13H2,(H,19,23)(H,20,24). The normalized spacial score (nSPS) is 15.5. The number of nitrogens with zero attached hydrogens (tertiary/aromatic N) is 2. The van der Waals surface area contributed by atoms with Crippen LogP contribution in [0.2, 0.25) is 0 Å². The Morgan fingerprint density at radius 3 is 2.33 bits per heavy atom. The van der Waals surface area contributed by atoms with Gasteiger partial charge in [0.15, 0.2) is 0 Å². The number of carbonyl (C=O) groups is 2. The Labute approximate surface area is 141 Å². The fourth-order valence-corrected chi connectivity index (χ4v) is 2.48. The van der Waals surface area contributed by atoms with Crippen molar-refractivity contribution in [2.24, 2.45) is 0 Å². The molecule has 2 rings (SSSR count). The quantitative estimate of drug-likeness (QED) is 0.727. The number of anilines is 1. The van der Waals surface area contributed by atoms with Gasteiger partial charge >= 0.3 is 0 Å². The molecule has 0 saturated carbocycles. The van der Waals surface area contributed by atoms with Crippen LogP contribution in [-0.4, -0.2) is 67.4 Å². The highest BCUT2D eigenvalue weighted by Gasteiger charge is 2.20. The third-order valence-electron chi connectivity index (χ3n) is 3.70. The third kappa shape index (κ3) is 5.99. The molecule has 0 aromatic heterocycles. The molecular formula is C17H21FN4O2. The summed E-state index contributed by atoms with van der Waals surface area (Å²) in [5.41, 5.74) is 0.448. The second kappa shape index (κ2) is 9.01. The molecule has 0 bridgehead atoms. The molecule has 0 unspecified atom stereocenters. The molecule has 1 aliphatic rings. The van der Waals surface area contributed by atoms with Gasteiger partial charge in [0.1, 0.15) is 5.82 Å². The van der Waals surface area contributed by atoms with E-state index in [2.05, 4.69) is 16.6 Å². The minimum atomic E-state index is -0.385. The fraction of sp³-hybridized carbons (Fsp3) is 0.412. The molecule has 1 saturated heterocycles. The van der Waals surface area contributed by atoms with Crippen LogP contribution in [0.25, 0.3) is 0 Å². The van der Waals surface area contributed by atoms with E-state index in [-0.39, 0.29) is 30.7 Å². The van der Waals surface area contributed by atoms with Crippen LogP contribution in [0.4, 0.5) is 10.1 Å². The number of benzene rings is 1. The van der Waals surface area contributed by atoms with Crippen LogP contribution in [0.5, 0.6) is 0 Å². The Morgan fingerprint density at radius 2 is 1.75 bits per heavy atom. The minimum absolute atomic E-state index is 0.0924. The van der Waals surface area contributed by atoms with Gasteiger partial charge in [-0.3, -0.25) is 19.4 Å². The van der Waals surface area contributed by atoms with Crippen LogP contribution in [0.3, 0.4) is 0 Å². The first-order valence-corrected chi connectivity index (χ1v) is 7.77. The van der Waals surface area contributed by atoms with Gasteiger partial charge in [0.25, 0.3) is 0 Å². The molecule has 1 aromatic carbocycles. The monoisotopic (exact) mass is 332 g/mol. The highest BCUT2D eigenvalue weighted by atomic mass is 19.1. The first-order valence-electron chi connectivity index (χ1n) is 7.77. The number of carbonyl (C=O) groups excluding carboxylic acids is 2. The Morgan fingerprint density at radius 1 is 1.12 bits per heavy atom. The summed E-state index contributed by atoms with van der Waals surface area (Å²) in [6, 6.07) is 5.81. The van der Waals surface area contributed by atoms with Crippen LogP contribution < -0.4 is 10.6 Å². The Kier molecular flexibility index (Phi) is 6.73. The lowest BCUT2D eigenvalue weighted by atomic mass is 10.3. The van der Waals surface area contributed by atoms with E-state index in [1.165, 1.54) is 12.1 Å². The van der Waals surface area contributed by atoms with Gasteiger partial charge in [0.2, 0.25) is 11.8 Å². The third-order valence-corrected chi connectivity index (χ3v) is 3.70. The van der Waals surface area contributed by atoms with Gasteiger partial charge in [-0.25, -0.2) is 4.39 Å². The van der Waals surface area contributed by atoms with E-state index in [9.17, 15) is 14.0 Å². The lowest BCUT2D eigenvalue weighted by Crippen LogP contribution is -2.51. The molecule has 128 valence electrons. The van der Waals surface area contributed by atoms with Crippen molar-refractivity contribution < 1.29 is 14.0 Å². The van der Waals surface area contributed by atoms with Crippen molar-refractivity contribution in [1.29, 1.82) is 0 Å². The molecule has 0 radical (unpaired) electrons. The maximum Gasteiger partial charge on any atom is 0.238 e. The molecular weight excluding hydrogens is 311 g/mol. The average Bonchev–Trinajstić information content (AvgIpc) is 2.54. The van der Waals surface area contributed by atoms with Gasteiger partial charge in [0, 0.05) is 31.9 Å². The summed E-state index contributed by atoms with van der Waals surface area (Å²) in [5.74, 6) is 1.70. The highest BCUT2D eigenvalue weighted by molar-refractivity contribution is 5.92. The van der Waals surface area contributed by atoms with Crippen LogP contribution in [0.15, 0.2) is 24.3 Å². The van der Waals surface area contributed by atoms with Crippen molar-refractivity contribution >= 4 is 17.5 Å². The van der Waals surface area contributed by atoms with E-state index >= 15 is 0 Å². The number of terminal acetylenes is 1. The smallest absolute Gasteiger partial charge is 0.238 e. The van der Waals surface area contributed by atoms with Crippen molar-refractivity contribution in [2.45, 2.75) is 0 Å². The molecule has 7 heteroatoms. The Hall–Kier alpha value is -2.43. The molecule has 1 aliphatic heterocycles. The van der Waals surface area contributed by atoms with Crippen molar-refractivity contribution in [3.63, 3.8) is 0 Å². The summed E-state index contributed by atoms with van der Waals surface area (Å²) >= 11 is 0. The van der Waals surface area contributed by atoms with Gasteiger partial charge in [-0.1, -0.05) is 12.0 Å². The van der Waals surface area contributed by atoms with Crippen molar-refractivity contribution in [3.05, 3.63) is 30.1 Å². The molecule has 0 atom stereocenters. The van der Waals surface area contributed by atoms with Gasteiger partial charge in [-0.2, -0.15) is 0 Å². The summed E-state index contributed by atoms with van der Waals surface area (Å²) in [4.78, 5) is 27.6. The summed E-state index contributed by atoms with van der Waals surface area (Å²) in [5, 5.41) is 5.31. The van der Waals surface area contributed by atoms with Crippen molar-refractivity contribution in [2.75, 3.05) is 51.1 Å². The van der Waals surface area contributed by atoms with E-state index < -0.39 is 0 Å². The number of hydrogen-bond acceptors (Lipinski definition) is 4. The van der Waals surface area contributed by atoms with E-state index in [0.717, 1.165) is 0 Å². The molecule has 1 fully saturated rings. The van der Waals surface area contributed by atoms with E-state index in [4.69, 9.17) is 6.42 Å². The summed E-state index contributed by atoms with van der Waals surface area (Å²) in [6.07, 6.45) is 5.09. The molecule has 0 spiro atoms. The lowest BCUT2D eigenvalue weighted by molar-refractivity contribution is -0.123. The van der Waals surface area contributed by atoms with E-state index in [1.54, 1.807) is 12.1 Å². The summed E-state index contributed by atoms with van der Waals surface area (Å²) in [7, 11) is 0. The molecule has 1 heterocycles. The van der Waals surface area contributed by atoms with Gasteiger partial charge in [0.05, 0.1) is 19.6 Å². The maximum absolute atomic E-state index is 13.1. The zero-order valence-electron chi connectivity index (χ0n) is 13.4. The predicted octanol–water partition coefficient (Wildman–Crippen LogP) is 0.131. The topological polar surface area (TPSA) is 64.7 Å². The Bertz CT molecular complexity index is 621. The number of rotatable bonds is 6. The van der Waals surface area contributed by atoms with Gasteiger partial charge in [-0.05, 0) is 18.2 Å². The van der Waals surface area contributed by atoms with Crippen LogP contribution in [0, 0.1) is 18.2 Å². The van der Waals surface area contributed by atoms with Gasteiger partial charge in [-0.15, -0.1) is 6.42 Å². The van der Waals surface area contributed by atoms with Crippen LogP contribution in [-0.2, 0) is 9.59 Å². The molecule has 2 amide bonds. The van der Waals surface area contributed by atoms with Crippen LogP contribution >= 0.6 is 0 Å². The number of nitrogens with one attached hydrogen (secondary N) is 2. The Balaban J connectivity index is 1.70. The molecule has 1 aromatic rings. The zero-order chi connectivity index (χ0) is 17.4. The SMILES string of the molecule is C#CCNC(=O)CN1CCN(CC(=O)Nc2cccc(F)c2)CC1. The number of hydrogen-bond donors (Lipinski definition) is 2. The second-order valence-corrected chi connectivity index (χ2v) is 5.59.